The maximum atomic E-state index is 4.79. The Morgan fingerprint density at radius 2 is 2.12 bits per heavy atom. The van der Waals surface area contributed by atoms with Crippen LogP contribution in [-0.4, -0.2) is 37.5 Å². The molecule has 0 saturated heterocycles. The van der Waals surface area contributed by atoms with E-state index < -0.39 is 0 Å². The first-order valence-corrected chi connectivity index (χ1v) is 8.83. The number of nitrogens with zero attached hydrogens (tertiary/aromatic N) is 5. The molecule has 0 spiro atoms. The van der Waals surface area contributed by atoms with Crippen molar-refractivity contribution in [3.05, 3.63) is 59.9 Å². The molecular weight excluding hydrogens is 326 g/mol. The molecule has 1 atom stereocenters. The third-order valence-corrected chi connectivity index (χ3v) is 4.35. The number of aromatic nitrogens is 5. The first-order chi connectivity index (χ1) is 12.8. The van der Waals surface area contributed by atoms with E-state index >= 15 is 0 Å². The molecule has 4 rings (SSSR count). The van der Waals surface area contributed by atoms with Crippen molar-refractivity contribution in [3.8, 4) is 11.5 Å². The maximum Gasteiger partial charge on any atom is 0.180 e. The van der Waals surface area contributed by atoms with Crippen LogP contribution in [-0.2, 0) is 19.4 Å². The molecule has 0 aliphatic carbocycles. The number of hydrogen-bond acceptors (Lipinski definition) is 7. The molecule has 7 heteroatoms. The van der Waals surface area contributed by atoms with E-state index in [1.54, 1.807) is 24.8 Å². The van der Waals surface area contributed by atoms with Gasteiger partial charge in [-0.15, -0.1) is 0 Å². The van der Waals surface area contributed by atoms with Crippen LogP contribution in [0.25, 0.3) is 11.5 Å². The Balaban J connectivity index is 1.63. The van der Waals surface area contributed by atoms with Gasteiger partial charge in [-0.05, 0) is 32.0 Å². The summed E-state index contributed by atoms with van der Waals surface area (Å²) in [6.07, 6.45) is 8.67. The number of nitrogens with one attached hydrogen (secondary N) is 2. The van der Waals surface area contributed by atoms with Gasteiger partial charge in [-0.1, -0.05) is 6.07 Å². The molecule has 0 radical (unpaired) electrons. The van der Waals surface area contributed by atoms with Gasteiger partial charge in [-0.3, -0.25) is 15.0 Å². The summed E-state index contributed by atoms with van der Waals surface area (Å²) in [5.41, 5.74) is 3.98. The summed E-state index contributed by atoms with van der Waals surface area (Å²) in [6.45, 7) is 3.82. The molecule has 0 bridgehead atoms. The molecule has 3 aromatic rings. The lowest BCUT2D eigenvalue weighted by molar-refractivity contribution is 0.623. The van der Waals surface area contributed by atoms with Crippen LogP contribution in [0.3, 0.4) is 0 Å². The Hall–Kier alpha value is -2.93. The lowest BCUT2D eigenvalue weighted by atomic mass is 10.1. The zero-order valence-corrected chi connectivity index (χ0v) is 14.7. The van der Waals surface area contributed by atoms with Gasteiger partial charge in [0, 0.05) is 49.4 Å². The van der Waals surface area contributed by atoms with E-state index in [4.69, 9.17) is 9.97 Å². The average Bonchev–Trinajstić information content (AvgIpc) is 2.69. The monoisotopic (exact) mass is 347 g/mol. The van der Waals surface area contributed by atoms with Crippen molar-refractivity contribution >= 4 is 5.82 Å². The Morgan fingerprint density at radius 3 is 2.92 bits per heavy atom. The fraction of sp³-hybridized carbons (Fsp3) is 0.316. The number of pyridine rings is 1. The minimum absolute atomic E-state index is 0.178. The lowest BCUT2D eigenvalue weighted by Crippen LogP contribution is -2.28. The fourth-order valence-electron chi connectivity index (χ4n) is 3.12. The number of fused-ring (bicyclic) bond motifs is 1. The first kappa shape index (κ1) is 16.5. The van der Waals surface area contributed by atoms with Crippen molar-refractivity contribution in [2.75, 3.05) is 11.9 Å². The van der Waals surface area contributed by atoms with Crippen molar-refractivity contribution in [2.45, 2.75) is 32.4 Å². The van der Waals surface area contributed by atoms with Crippen molar-refractivity contribution in [1.29, 1.82) is 0 Å². The Kier molecular flexibility index (Phi) is 4.79. The quantitative estimate of drug-likeness (QED) is 0.730. The van der Waals surface area contributed by atoms with Gasteiger partial charge in [-0.25, -0.2) is 9.97 Å². The predicted molar refractivity (Wildman–Crippen MR) is 99.5 cm³/mol. The van der Waals surface area contributed by atoms with Crippen LogP contribution in [0, 0.1) is 0 Å². The van der Waals surface area contributed by atoms with E-state index in [1.165, 1.54) is 5.56 Å². The zero-order chi connectivity index (χ0) is 17.8. The second-order valence-electron chi connectivity index (χ2n) is 6.41. The second kappa shape index (κ2) is 7.53. The van der Waals surface area contributed by atoms with Gasteiger partial charge < -0.3 is 10.6 Å². The molecule has 3 aromatic heterocycles. The molecular formula is C19H21N7. The molecule has 7 nitrogen and oxygen atoms in total. The molecule has 1 unspecified atom stereocenters. The summed E-state index contributed by atoms with van der Waals surface area (Å²) in [5.74, 6) is 1.55. The summed E-state index contributed by atoms with van der Waals surface area (Å²) in [5, 5.41) is 6.94. The highest BCUT2D eigenvalue weighted by Gasteiger charge is 2.20. The Bertz CT molecular complexity index is 868. The van der Waals surface area contributed by atoms with Crippen LogP contribution < -0.4 is 10.6 Å². The highest BCUT2D eigenvalue weighted by molar-refractivity contribution is 5.57. The third kappa shape index (κ3) is 3.67. The molecule has 4 heterocycles. The third-order valence-electron chi connectivity index (χ3n) is 4.35. The minimum atomic E-state index is 0.178. The molecule has 0 amide bonds. The summed E-state index contributed by atoms with van der Waals surface area (Å²) in [4.78, 5) is 22.4. The summed E-state index contributed by atoms with van der Waals surface area (Å²) in [6, 6.07) is 5.96. The molecule has 0 fully saturated rings. The topological polar surface area (TPSA) is 88.5 Å². The summed E-state index contributed by atoms with van der Waals surface area (Å²) in [7, 11) is 0. The van der Waals surface area contributed by atoms with Gasteiger partial charge in [0.2, 0.25) is 0 Å². The van der Waals surface area contributed by atoms with Crippen LogP contribution in [0.2, 0.25) is 0 Å². The smallest absolute Gasteiger partial charge is 0.180 e. The molecule has 1 aliphatic heterocycles. The lowest BCUT2D eigenvalue weighted by Gasteiger charge is -2.23. The molecule has 0 saturated carbocycles. The van der Waals surface area contributed by atoms with Crippen molar-refractivity contribution in [1.82, 2.24) is 30.2 Å². The standard InChI is InChI=1S/C19H21N7/c1-13(10-14-11-21-8-9-22-14)24-18-15-5-7-20-12-17(15)25-19(26-18)16-4-2-3-6-23-16/h2-4,6,8-9,11,13,20H,5,7,10,12H2,1H3,(H,24,25,26). The summed E-state index contributed by atoms with van der Waals surface area (Å²) >= 11 is 0. The summed E-state index contributed by atoms with van der Waals surface area (Å²) < 4.78 is 0. The van der Waals surface area contributed by atoms with Gasteiger partial charge in [0.1, 0.15) is 11.5 Å². The minimum Gasteiger partial charge on any atom is -0.367 e. The van der Waals surface area contributed by atoms with Crippen molar-refractivity contribution in [2.24, 2.45) is 0 Å². The predicted octanol–water partition coefficient (Wildman–Crippen LogP) is 2.02. The Morgan fingerprint density at radius 1 is 1.15 bits per heavy atom. The molecule has 2 N–H and O–H groups in total. The van der Waals surface area contributed by atoms with Gasteiger partial charge in [0.15, 0.2) is 5.82 Å². The van der Waals surface area contributed by atoms with E-state index in [0.29, 0.717) is 5.82 Å². The molecule has 26 heavy (non-hydrogen) atoms. The molecule has 0 aromatic carbocycles. The van der Waals surface area contributed by atoms with Gasteiger partial charge in [0.25, 0.3) is 0 Å². The highest BCUT2D eigenvalue weighted by atomic mass is 15.1. The maximum absolute atomic E-state index is 4.79. The molecule has 1 aliphatic rings. The number of hydrogen-bond donors (Lipinski definition) is 2. The average molecular weight is 347 g/mol. The van der Waals surface area contributed by atoms with Gasteiger partial charge in [0.05, 0.1) is 11.4 Å². The van der Waals surface area contributed by atoms with Crippen molar-refractivity contribution < 1.29 is 0 Å². The van der Waals surface area contributed by atoms with Gasteiger partial charge >= 0.3 is 0 Å². The number of rotatable bonds is 5. The van der Waals surface area contributed by atoms with E-state index in [9.17, 15) is 0 Å². The SMILES string of the molecule is CC(Cc1cnccn1)Nc1nc(-c2ccccn2)nc2c1CCNC2. The normalized spacial score (nSPS) is 14.5. The van der Waals surface area contributed by atoms with Crippen LogP contribution in [0.15, 0.2) is 43.0 Å². The largest absolute Gasteiger partial charge is 0.367 e. The van der Waals surface area contributed by atoms with Crippen LogP contribution in [0.5, 0.6) is 0 Å². The Labute approximate surface area is 152 Å². The van der Waals surface area contributed by atoms with E-state index in [0.717, 1.165) is 48.8 Å². The van der Waals surface area contributed by atoms with Gasteiger partial charge in [-0.2, -0.15) is 0 Å². The van der Waals surface area contributed by atoms with Crippen LogP contribution in [0.4, 0.5) is 5.82 Å². The second-order valence-corrected chi connectivity index (χ2v) is 6.41. The van der Waals surface area contributed by atoms with Crippen LogP contribution in [0.1, 0.15) is 23.9 Å². The van der Waals surface area contributed by atoms with Crippen molar-refractivity contribution in [3.63, 3.8) is 0 Å². The first-order valence-electron chi connectivity index (χ1n) is 8.83. The van der Waals surface area contributed by atoms with Crippen LogP contribution >= 0.6 is 0 Å². The van der Waals surface area contributed by atoms with E-state index in [2.05, 4.69) is 32.5 Å². The molecule has 132 valence electrons. The van der Waals surface area contributed by atoms with E-state index in [-0.39, 0.29) is 6.04 Å². The fourth-order valence-corrected chi connectivity index (χ4v) is 3.12. The van der Waals surface area contributed by atoms with E-state index in [1.807, 2.05) is 18.2 Å². The highest BCUT2D eigenvalue weighted by Crippen LogP contribution is 2.24. The number of anilines is 1. The zero-order valence-electron chi connectivity index (χ0n) is 14.7.